The molecule has 3 aromatic rings. The van der Waals surface area contributed by atoms with Gasteiger partial charge in [-0.05, 0) is 53.9 Å². The van der Waals surface area contributed by atoms with Gasteiger partial charge in [0.2, 0.25) is 11.7 Å². The predicted molar refractivity (Wildman–Crippen MR) is 110 cm³/mol. The third-order valence-electron chi connectivity index (χ3n) is 3.89. The van der Waals surface area contributed by atoms with Crippen molar-refractivity contribution in [2.24, 2.45) is 0 Å². The molecule has 2 aromatic heterocycles. The third-order valence-corrected chi connectivity index (χ3v) is 5.25. The molecule has 0 saturated heterocycles. The lowest BCUT2D eigenvalue weighted by molar-refractivity contribution is -0.118. The summed E-state index contributed by atoms with van der Waals surface area (Å²) in [5, 5.41) is 12.1. The molecule has 0 spiro atoms. The van der Waals surface area contributed by atoms with Crippen LogP contribution in [0.5, 0.6) is 0 Å². The fraction of sp³-hybridized carbons (Fsp3) is 0.316. The zero-order valence-electron chi connectivity index (χ0n) is 15.2. The summed E-state index contributed by atoms with van der Waals surface area (Å²) in [7, 11) is 0. The minimum absolute atomic E-state index is 0.0171. The maximum Gasteiger partial charge on any atom is 0.230 e. The van der Waals surface area contributed by atoms with E-state index in [1.165, 1.54) is 17.3 Å². The highest BCUT2D eigenvalue weighted by atomic mass is 79.9. The summed E-state index contributed by atoms with van der Waals surface area (Å²) in [5.74, 6) is 1.57. The molecule has 27 heavy (non-hydrogen) atoms. The minimum Gasteiger partial charge on any atom is -0.446 e. The summed E-state index contributed by atoms with van der Waals surface area (Å²) in [6.07, 6.45) is 0.816. The number of furan rings is 1. The second-order valence-electron chi connectivity index (χ2n) is 6.25. The van der Waals surface area contributed by atoms with Crippen LogP contribution in [-0.2, 0) is 11.2 Å². The summed E-state index contributed by atoms with van der Waals surface area (Å²) in [4.78, 5) is 12.2. The maximum atomic E-state index is 12.2. The van der Waals surface area contributed by atoms with Crippen molar-refractivity contribution in [2.75, 3.05) is 12.3 Å². The Hall–Kier alpha value is -2.06. The fourth-order valence-corrected chi connectivity index (χ4v) is 3.82. The van der Waals surface area contributed by atoms with Crippen LogP contribution in [0.2, 0.25) is 0 Å². The standard InChI is InChI=1S/C19H21BrN4O2S/c1-13(2)24-18(15-8-9-16(20)26-15)22-23-19(24)27-12-17(25)21-11-10-14-6-4-3-5-7-14/h3-9,13H,10-12H2,1-2H3,(H,21,25). The summed E-state index contributed by atoms with van der Waals surface area (Å²) in [5.41, 5.74) is 1.21. The van der Waals surface area contributed by atoms with Gasteiger partial charge >= 0.3 is 0 Å². The van der Waals surface area contributed by atoms with Crippen molar-refractivity contribution in [1.82, 2.24) is 20.1 Å². The molecule has 0 saturated carbocycles. The van der Waals surface area contributed by atoms with Gasteiger partial charge in [0.15, 0.2) is 15.6 Å². The van der Waals surface area contributed by atoms with E-state index in [1.807, 2.05) is 34.9 Å². The van der Waals surface area contributed by atoms with Crippen molar-refractivity contribution in [3.8, 4) is 11.6 Å². The number of hydrogen-bond donors (Lipinski definition) is 1. The average molecular weight is 449 g/mol. The van der Waals surface area contributed by atoms with Crippen molar-refractivity contribution in [1.29, 1.82) is 0 Å². The third kappa shape index (κ3) is 5.23. The molecule has 1 N–H and O–H groups in total. The Labute approximate surface area is 170 Å². The number of halogens is 1. The van der Waals surface area contributed by atoms with E-state index in [1.54, 1.807) is 0 Å². The molecule has 0 bridgehead atoms. The second-order valence-corrected chi connectivity index (χ2v) is 7.97. The van der Waals surface area contributed by atoms with E-state index in [0.717, 1.165) is 6.42 Å². The lowest BCUT2D eigenvalue weighted by Gasteiger charge is -2.12. The van der Waals surface area contributed by atoms with Crippen molar-refractivity contribution in [3.63, 3.8) is 0 Å². The Kier molecular flexibility index (Phi) is 6.73. The van der Waals surface area contributed by atoms with Gasteiger partial charge in [0, 0.05) is 12.6 Å². The molecule has 6 nitrogen and oxygen atoms in total. The Balaban J connectivity index is 1.57. The van der Waals surface area contributed by atoms with Gasteiger partial charge in [-0.1, -0.05) is 42.1 Å². The number of benzene rings is 1. The molecule has 142 valence electrons. The normalized spacial score (nSPS) is 11.1. The summed E-state index contributed by atoms with van der Waals surface area (Å²) < 4.78 is 8.22. The van der Waals surface area contributed by atoms with Crippen LogP contribution >= 0.6 is 27.7 Å². The number of amides is 1. The zero-order chi connectivity index (χ0) is 19.2. The zero-order valence-corrected chi connectivity index (χ0v) is 17.6. The van der Waals surface area contributed by atoms with Crippen LogP contribution in [-0.4, -0.2) is 33.0 Å². The monoisotopic (exact) mass is 448 g/mol. The molecule has 1 aromatic carbocycles. The smallest absolute Gasteiger partial charge is 0.230 e. The second kappa shape index (κ2) is 9.23. The molecule has 1 amide bonds. The molecule has 0 aliphatic carbocycles. The highest BCUT2D eigenvalue weighted by Crippen LogP contribution is 2.29. The molecular formula is C19H21BrN4O2S. The number of aromatic nitrogens is 3. The van der Waals surface area contributed by atoms with Gasteiger partial charge < -0.3 is 9.73 Å². The van der Waals surface area contributed by atoms with Gasteiger partial charge in [0.1, 0.15) is 0 Å². The van der Waals surface area contributed by atoms with Gasteiger partial charge in [-0.15, -0.1) is 10.2 Å². The fourth-order valence-electron chi connectivity index (χ4n) is 2.62. The number of rotatable bonds is 8. The highest BCUT2D eigenvalue weighted by molar-refractivity contribution is 9.10. The molecule has 0 aliphatic rings. The van der Waals surface area contributed by atoms with Crippen LogP contribution in [0.4, 0.5) is 0 Å². The first kappa shape index (κ1) is 19.7. The molecule has 0 unspecified atom stereocenters. The number of thioether (sulfide) groups is 1. The van der Waals surface area contributed by atoms with Crippen LogP contribution in [0.3, 0.4) is 0 Å². The Morgan fingerprint density at radius 3 is 2.67 bits per heavy atom. The molecular weight excluding hydrogens is 428 g/mol. The molecule has 0 atom stereocenters. The van der Waals surface area contributed by atoms with Gasteiger partial charge in [0.05, 0.1) is 5.75 Å². The first-order valence-electron chi connectivity index (χ1n) is 8.68. The quantitative estimate of drug-likeness (QED) is 0.519. The maximum absolute atomic E-state index is 12.2. The molecule has 0 radical (unpaired) electrons. The van der Waals surface area contributed by atoms with Crippen LogP contribution in [0.15, 0.2) is 56.7 Å². The first-order chi connectivity index (χ1) is 13.0. The van der Waals surface area contributed by atoms with Gasteiger partial charge in [0.25, 0.3) is 0 Å². The van der Waals surface area contributed by atoms with Crippen LogP contribution < -0.4 is 5.32 Å². The molecule has 8 heteroatoms. The van der Waals surface area contributed by atoms with Crippen molar-refractivity contribution in [2.45, 2.75) is 31.5 Å². The summed E-state index contributed by atoms with van der Waals surface area (Å²) >= 11 is 4.68. The van der Waals surface area contributed by atoms with E-state index < -0.39 is 0 Å². The SMILES string of the molecule is CC(C)n1c(SCC(=O)NCCc2ccccc2)nnc1-c1ccc(Br)o1. The van der Waals surface area contributed by atoms with Crippen LogP contribution in [0.25, 0.3) is 11.6 Å². The Morgan fingerprint density at radius 1 is 1.22 bits per heavy atom. The average Bonchev–Trinajstić information content (AvgIpc) is 3.27. The highest BCUT2D eigenvalue weighted by Gasteiger charge is 2.19. The molecule has 2 heterocycles. The molecule has 0 fully saturated rings. The topological polar surface area (TPSA) is 73.0 Å². The van der Waals surface area contributed by atoms with E-state index in [9.17, 15) is 4.79 Å². The number of hydrogen-bond acceptors (Lipinski definition) is 5. The summed E-state index contributed by atoms with van der Waals surface area (Å²) in [6.45, 7) is 4.72. The van der Waals surface area contributed by atoms with Crippen molar-refractivity contribution >= 4 is 33.6 Å². The van der Waals surface area contributed by atoms with Crippen LogP contribution in [0, 0.1) is 0 Å². The largest absolute Gasteiger partial charge is 0.446 e. The first-order valence-corrected chi connectivity index (χ1v) is 10.5. The number of nitrogens with zero attached hydrogens (tertiary/aromatic N) is 3. The molecule has 0 aliphatic heterocycles. The van der Waals surface area contributed by atoms with Crippen molar-refractivity contribution < 1.29 is 9.21 Å². The van der Waals surface area contributed by atoms with E-state index in [0.29, 0.717) is 33.7 Å². The predicted octanol–water partition coefficient (Wildman–Crippen LogP) is 4.33. The molecule has 3 rings (SSSR count). The van der Waals surface area contributed by atoms with E-state index >= 15 is 0 Å². The van der Waals surface area contributed by atoms with Gasteiger partial charge in [-0.3, -0.25) is 9.36 Å². The number of carbonyl (C=O) groups is 1. The Morgan fingerprint density at radius 2 is 2.00 bits per heavy atom. The minimum atomic E-state index is -0.0171. The van der Waals surface area contributed by atoms with E-state index in [2.05, 4.69) is 57.4 Å². The van der Waals surface area contributed by atoms with E-state index in [-0.39, 0.29) is 11.9 Å². The Bertz CT molecular complexity index is 892. The van der Waals surface area contributed by atoms with Crippen molar-refractivity contribution in [3.05, 3.63) is 52.7 Å². The number of carbonyl (C=O) groups excluding carboxylic acids is 1. The van der Waals surface area contributed by atoms with Gasteiger partial charge in [-0.25, -0.2) is 0 Å². The number of nitrogens with one attached hydrogen (secondary N) is 1. The summed E-state index contributed by atoms with van der Waals surface area (Å²) in [6, 6.07) is 13.9. The van der Waals surface area contributed by atoms with Crippen LogP contribution in [0.1, 0.15) is 25.5 Å². The van der Waals surface area contributed by atoms with Gasteiger partial charge in [-0.2, -0.15) is 0 Å². The lowest BCUT2D eigenvalue weighted by atomic mass is 10.1. The lowest BCUT2D eigenvalue weighted by Crippen LogP contribution is -2.27. The van der Waals surface area contributed by atoms with E-state index in [4.69, 9.17) is 4.42 Å².